The number of aryl methyl sites for hydroxylation is 3. The number of likely N-dealkylation sites (tertiary alicyclic amines) is 1. The van der Waals surface area contributed by atoms with Crippen LogP contribution in [0, 0.1) is 20.8 Å². The number of hydrogen-bond donors (Lipinski definition) is 1. The van der Waals surface area contributed by atoms with Crippen LogP contribution in [0.5, 0.6) is 0 Å². The van der Waals surface area contributed by atoms with Gasteiger partial charge in [-0.05, 0) is 55.9 Å². The molecule has 1 aromatic rings. The summed E-state index contributed by atoms with van der Waals surface area (Å²) in [5, 5.41) is 0. The van der Waals surface area contributed by atoms with Crippen molar-refractivity contribution < 1.29 is 4.79 Å². The molecule has 0 aromatic heterocycles. The third-order valence-electron chi connectivity index (χ3n) is 4.54. The van der Waals surface area contributed by atoms with Gasteiger partial charge in [0.05, 0.1) is 6.04 Å². The van der Waals surface area contributed by atoms with Crippen LogP contribution >= 0.6 is 0 Å². The molecular weight excluding hydrogens is 236 g/mol. The summed E-state index contributed by atoms with van der Waals surface area (Å²) in [7, 11) is 0. The number of nitrogens with zero attached hydrogens (tertiary/aromatic N) is 1. The third kappa shape index (κ3) is 2.06. The van der Waals surface area contributed by atoms with Gasteiger partial charge in [-0.15, -0.1) is 0 Å². The molecule has 1 heterocycles. The molecule has 0 bridgehead atoms. The maximum atomic E-state index is 12.2. The van der Waals surface area contributed by atoms with Gasteiger partial charge in [0.15, 0.2) is 0 Å². The van der Waals surface area contributed by atoms with Crippen LogP contribution in [0.2, 0.25) is 0 Å². The summed E-state index contributed by atoms with van der Waals surface area (Å²) in [5.74, 6) is 0.234. The van der Waals surface area contributed by atoms with E-state index in [0.717, 1.165) is 12.8 Å². The van der Waals surface area contributed by atoms with Crippen molar-refractivity contribution in [2.45, 2.75) is 58.2 Å². The Morgan fingerprint density at radius 2 is 1.74 bits per heavy atom. The molecule has 3 nitrogen and oxygen atoms in total. The van der Waals surface area contributed by atoms with Crippen molar-refractivity contribution >= 4 is 5.91 Å². The molecule has 3 rings (SSSR count). The minimum absolute atomic E-state index is 0.0612. The Bertz CT molecular complexity index is 534. The van der Waals surface area contributed by atoms with E-state index in [1.165, 1.54) is 22.3 Å². The first kappa shape index (κ1) is 12.7. The second-order valence-corrected chi connectivity index (χ2v) is 6.14. The van der Waals surface area contributed by atoms with Crippen molar-refractivity contribution in [3.63, 3.8) is 0 Å². The highest BCUT2D eigenvalue weighted by atomic mass is 16.2. The first-order valence-electron chi connectivity index (χ1n) is 7.13. The van der Waals surface area contributed by atoms with Crippen LogP contribution in [0.15, 0.2) is 12.1 Å². The van der Waals surface area contributed by atoms with Gasteiger partial charge in [0.1, 0.15) is 0 Å². The molecular formula is C16H22N2O. The maximum Gasteiger partial charge on any atom is 0.225 e. The number of nitrogens with two attached hydrogens (primary N) is 1. The zero-order chi connectivity index (χ0) is 13.7. The van der Waals surface area contributed by atoms with Crippen LogP contribution in [-0.4, -0.2) is 22.9 Å². The monoisotopic (exact) mass is 258 g/mol. The number of hydrogen-bond acceptors (Lipinski definition) is 2. The van der Waals surface area contributed by atoms with Crippen LogP contribution in [0.4, 0.5) is 0 Å². The molecule has 2 atom stereocenters. The molecule has 1 aromatic carbocycles. The number of benzene rings is 1. The quantitative estimate of drug-likeness (QED) is 0.885. The standard InChI is InChI=1S/C16H22N2O/c1-9-6-11(3)13(7-10(9)2)16-14(17)8-15(19)18(16)12-4-5-12/h6-7,12,14,16H,4-5,8,17H2,1-3H3. The molecule has 2 fully saturated rings. The Morgan fingerprint density at radius 3 is 2.37 bits per heavy atom. The molecule has 1 aliphatic carbocycles. The minimum Gasteiger partial charge on any atom is -0.331 e. The molecule has 0 radical (unpaired) electrons. The summed E-state index contributed by atoms with van der Waals surface area (Å²) >= 11 is 0. The normalized spacial score (nSPS) is 27.2. The summed E-state index contributed by atoms with van der Waals surface area (Å²) in [5.41, 5.74) is 11.3. The number of carbonyl (C=O) groups excluding carboxylic acids is 1. The average Bonchev–Trinajstić information content (AvgIpc) is 3.11. The van der Waals surface area contributed by atoms with Crippen molar-refractivity contribution in [3.8, 4) is 0 Å². The second kappa shape index (κ2) is 4.34. The molecule has 102 valence electrons. The summed E-state index contributed by atoms with van der Waals surface area (Å²) in [6.07, 6.45) is 2.77. The lowest BCUT2D eigenvalue weighted by Crippen LogP contribution is -2.35. The summed E-state index contributed by atoms with van der Waals surface area (Å²) < 4.78 is 0. The lowest BCUT2D eigenvalue weighted by atomic mass is 9.92. The first-order chi connectivity index (χ1) is 8.99. The van der Waals surface area contributed by atoms with Gasteiger partial charge in [-0.2, -0.15) is 0 Å². The van der Waals surface area contributed by atoms with Crippen molar-refractivity contribution in [1.82, 2.24) is 4.90 Å². The highest BCUT2D eigenvalue weighted by Gasteiger charge is 2.46. The predicted octanol–water partition coefficient (Wildman–Crippen LogP) is 2.37. The van der Waals surface area contributed by atoms with Crippen molar-refractivity contribution in [1.29, 1.82) is 0 Å². The van der Waals surface area contributed by atoms with E-state index in [4.69, 9.17) is 5.73 Å². The van der Waals surface area contributed by atoms with Crippen LogP contribution < -0.4 is 5.73 Å². The van der Waals surface area contributed by atoms with E-state index >= 15 is 0 Å². The third-order valence-corrected chi connectivity index (χ3v) is 4.54. The van der Waals surface area contributed by atoms with E-state index < -0.39 is 0 Å². The highest BCUT2D eigenvalue weighted by Crippen LogP contribution is 2.42. The van der Waals surface area contributed by atoms with E-state index in [2.05, 4.69) is 37.8 Å². The van der Waals surface area contributed by atoms with Crippen molar-refractivity contribution in [2.24, 2.45) is 5.73 Å². The molecule has 1 amide bonds. The molecule has 19 heavy (non-hydrogen) atoms. The van der Waals surface area contributed by atoms with Gasteiger partial charge in [-0.3, -0.25) is 4.79 Å². The number of rotatable bonds is 2. The van der Waals surface area contributed by atoms with E-state index in [1.807, 2.05) is 0 Å². The Balaban J connectivity index is 2.04. The van der Waals surface area contributed by atoms with Gasteiger partial charge in [0.25, 0.3) is 0 Å². The fraction of sp³-hybridized carbons (Fsp3) is 0.562. The smallest absolute Gasteiger partial charge is 0.225 e. The van der Waals surface area contributed by atoms with E-state index in [1.54, 1.807) is 0 Å². The van der Waals surface area contributed by atoms with Gasteiger partial charge in [0, 0.05) is 18.5 Å². The second-order valence-electron chi connectivity index (χ2n) is 6.14. The fourth-order valence-electron chi connectivity index (χ4n) is 3.25. The Hall–Kier alpha value is -1.35. The Labute approximate surface area is 114 Å². The largest absolute Gasteiger partial charge is 0.331 e. The summed E-state index contributed by atoms with van der Waals surface area (Å²) in [6.45, 7) is 6.38. The fourth-order valence-corrected chi connectivity index (χ4v) is 3.25. The minimum atomic E-state index is -0.0612. The van der Waals surface area contributed by atoms with Crippen molar-refractivity contribution in [3.05, 3.63) is 34.4 Å². The highest BCUT2D eigenvalue weighted by molar-refractivity contribution is 5.81. The van der Waals surface area contributed by atoms with Crippen LogP contribution in [0.25, 0.3) is 0 Å². The first-order valence-corrected chi connectivity index (χ1v) is 7.13. The zero-order valence-corrected chi connectivity index (χ0v) is 11.9. The Morgan fingerprint density at radius 1 is 1.11 bits per heavy atom. The number of carbonyl (C=O) groups is 1. The van der Waals surface area contributed by atoms with Gasteiger partial charge in [0.2, 0.25) is 5.91 Å². The van der Waals surface area contributed by atoms with Gasteiger partial charge < -0.3 is 10.6 Å². The molecule has 0 spiro atoms. The summed E-state index contributed by atoms with van der Waals surface area (Å²) in [6, 6.07) is 4.90. The Kier molecular flexibility index (Phi) is 2.90. The lowest BCUT2D eigenvalue weighted by molar-refractivity contribution is -0.129. The zero-order valence-electron chi connectivity index (χ0n) is 11.9. The number of amides is 1. The molecule has 3 heteroatoms. The van der Waals surface area contributed by atoms with Gasteiger partial charge >= 0.3 is 0 Å². The SMILES string of the molecule is Cc1cc(C)c(C2C(N)CC(=O)N2C2CC2)cc1C. The van der Waals surface area contributed by atoms with Crippen LogP contribution in [0.3, 0.4) is 0 Å². The molecule has 1 aliphatic heterocycles. The van der Waals surface area contributed by atoms with E-state index in [-0.39, 0.29) is 18.0 Å². The van der Waals surface area contributed by atoms with E-state index in [9.17, 15) is 4.79 Å². The van der Waals surface area contributed by atoms with Crippen LogP contribution in [-0.2, 0) is 4.79 Å². The topological polar surface area (TPSA) is 46.3 Å². The van der Waals surface area contributed by atoms with Gasteiger partial charge in [-0.1, -0.05) is 12.1 Å². The summed E-state index contributed by atoms with van der Waals surface area (Å²) in [4.78, 5) is 14.2. The van der Waals surface area contributed by atoms with Gasteiger partial charge in [-0.25, -0.2) is 0 Å². The van der Waals surface area contributed by atoms with Crippen LogP contribution in [0.1, 0.15) is 47.6 Å². The molecule has 2 unspecified atom stereocenters. The maximum absolute atomic E-state index is 12.2. The average molecular weight is 258 g/mol. The predicted molar refractivity (Wildman–Crippen MR) is 75.9 cm³/mol. The molecule has 2 aliphatic rings. The lowest BCUT2D eigenvalue weighted by Gasteiger charge is -2.29. The van der Waals surface area contributed by atoms with E-state index in [0.29, 0.717) is 12.5 Å². The molecule has 1 saturated heterocycles. The molecule has 2 N–H and O–H groups in total. The molecule has 1 saturated carbocycles. The van der Waals surface area contributed by atoms with Crippen molar-refractivity contribution in [2.75, 3.05) is 0 Å².